The highest BCUT2D eigenvalue weighted by atomic mass is 16.4. The van der Waals surface area contributed by atoms with Crippen LogP contribution in [0.1, 0.15) is 38.5 Å². The van der Waals surface area contributed by atoms with Gasteiger partial charge in [0.1, 0.15) is 0 Å². The Balaban J connectivity index is 0.000000232. The number of carboxylic acids is 1. The molecule has 170 valence electrons. The minimum absolute atomic E-state index is 0.107. The van der Waals surface area contributed by atoms with Crippen molar-refractivity contribution in [2.45, 2.75) is 58.3 Å². The number of nitrogens with zero attached hydrogens (tertiary/aromatic N) is 3. The SMILES string of the molecule is CB(O)N1CCC(C(=O)N2CCC(O)CC2)CC1.CB(O)N1CCC(C(=O)O)CC1. The first-order chi connectivity index (χ1) is 14.2. The number of rotatable bonds is 4. The van der Waals surface area contributed by atoms with Crippen LogP contribution in [0.2, 0.25) is 13.6 Å². The van der Waals surface area contributed by atoms with Crippen molar-refractivity contribution in [3.8, 4) is 0 Å². The van der Waals surface area contributed by atoms with Crippen LogP contribution in [0.15, 0.2) is 0 Å². The second-order valence-electron chi connectivity index (χ2n) is 8.78. The van der Waals surface area contributed by atoms with Crippen molar-refractivity contribution in [3.63, 3.8) is 0 Å². The highest BCUT2D eigenvalue weighted by Crippen LogP contribution is 2.22. The normalized spacial score (nSPS) is 22.9. The number of piperidine rings is 3. The van der Waals surface area contributed by atoms with E-state index < -0.39 is 20.1 Å². The molecule has 3 aliphatic heterocycles. The summed E-state index contributed by atoms with van der Waals surface area (Å²) in [5.41, 5.74) is 0. The zero-order valence-electron chi connectivity index (χ0n) is 18.3. The van der Waals surface area contributed by atoms with Gasteiger partial charge in [-0.3, -0.25) is 9.59 Å². The number of carboxylic acid groups (broad SMARTS) is 1. The number of carbonyl (C=O) groups excluding carboxylic acids is 1. The summed E-state index contributed by atoms with van der Waals surface area (Å²) in [6, 6.07) is 0. The van der Waals surface area contributed by atoms with Crippen LogP contribution in [0, 0.1) is 11.8 Å². The molecular formula is C19H37B2N3O6. The van der Waals surface area contributed by atoms with Gasteiger partial charge in [-0.05, 0) is 78.4 Å². The zero-order chi connectivity index (χ0) is 22.3. The summed E-state index contributed by atoms with van der Waals surface area (Å²) in [5, 5.41) is 36.8. The third kappa shape index (κ3) is 7.53. The minimum Gasteiger partial charge on any atom is -0.481 e. The Bertz CT molecular complexity index is 544. The molecule has 0 aromatic heterocycles. The number of amides is 1. The van der Waals surface area contributed by atoms with E-state index >= 15 is 0 Å². The average Bonchev–Trinajstić information content (AvgIpc) is 2.74. The Morgan fingerprint density at radius 2 is 1.13 bits per heavy atom. The molecule has 0 unspecified atom stereocenters. The van der Waals surface area contributed by atoms with Crippen LogP contribution in [-0.4, -0.2) is 106 Å². The number of aliphatic carboxylic acids is 1. The largest absolute Gasteiger partial charge is 0.481 e. The molecular weight excluding hydrogens is 388 g/mol. The summed E-state index contributed by atoms with van der Waals surface area (Å²) < 4.78 is 0. The van der Waals surface area contributed by atoms with Gasteiger partial charge in [0, 0.05) is 19.0 Å². The van der Waals surface area contributed by atoms with Gasteiger partial charge in [0.15, 0.2) is 0 Å². The lowest BCUT2D eigenvalue weighted by Crippen LogP contribution is -2.48. The van der Waals surface area contributed by atoms with Crippen molar-refractivity contribution in [3.05, 3.63) is 0 Å². The second kappa shape index (κ2) is 12.0. The van der Waals surface area contributed by atoms with Gasteiger partial charge in [0.25, 0.3) is 0 Å². The molecule has 0 aliphatic carbocycles. The van der Waals surface area contributed by atoms with Crippen molar-refractivity contribution < 1.29 is 29.9 Å². The number of carbonyl (C=O) groups is 2. The van der Waals surface area contributed by atoms with Crippen LogP contribution >= 0.6 is 0 Å². The molecule has 0 aromatic carbocycles. The van der Waals surface area contributed by atoms with Gasteiger partial charge in [-0.25, -0.2) is 0 Å². The van der Waals surface area contributed by atoms with Gasteiger partial charge in [-0.2, -0.15) is 0 Å². The molecule has 0 saturated carbocycles. The lowest BCUT2D eigenvalue weighted by molar-refractivity contribution is -0.143. The number of aliphatic hydroxyl groups excluding tert-OH is 1. The molecule has 3 fully saturated rings. The summed E-state index contributed by atoms with van der Waals surface area (Å²) in [7, 11) is -0.856. The van der Waals surface area contributed by atoms with E-state index in [-0.39, 0.29) is 23.8 Å². The lowest BCUT2D eigenvalue weighted by atomic mass is 9.80. The van der Waals surface area contributed by atoms with E-state index in [4.69, 9.17) is 5.11 Å². The van der Waals surface area contributed by atoms with E-state index in [0.29, 0.717) is 51.9 Å². The van der Waals surface area contributed by atoms with E-state index in [1.807, 2.05) is 14.5 Å². The summed E-state index contributed by atoms with van der Waals surface area (Å²) in [6.07, 6.45) is 4.16. The Hall–Kier alpha value is -1.13. The molecule has 30 heavy (non-hydrogen) atoms. The fourth-order valence-corrected chi connectivity index (χ4v) is 4.38. The van der Waals surface area contributed by atoms with Crippen molar-refractivity contribution in [1.29, 1.82) is 0 Å². The molecule has 3 heterocycles. The van der Waals surface area contributed by atoms with Crippen LogP contribution < -0.4 is 0 Å². The van der Waals surface area contributed by atoms with Crippen molar-refractivity contribution in [2.75, 3.05) is 39.3 Å². The van der Waals surface area contributed by atoms with Gasteiger partial charge >= 0.3 is 20.1 Å². The maximum atomic E-state index is 12.3. The quantitative estimate of drug-likeness (QED) is 0.452. The van der Waals surface area contributed by atoms with E-state index in [2.05, 4.69) is 0 Å². The van der Waals surface area contributed by atoms with Gasteiger partial charge in [0.05, 0.1) is 12.0 Å². The lowest BCUT2D eigenvalue weighted by Gasteiger charge is -2.36. The average molecular weight is 425 g/mol. The number of aliphatic hydroxyl groups is 1. The maximum Gasteiger partial charge on any atom is 0.376 e. The second-order valence-corrected chi connectivity index (χ2v) is 8.78. The monoisotopic (exact) mass is 425 g/mol. The Kier molecular flexibility index (Phi) is 10.1. The number of likely N-dealkylation sites (tertiary alicyclic amines) is 1. The molecule has 0 aromatic rings. The summed E-state index contributed by atoms with van der Waals surface area (Å²) in [4.78, 5) is 28.6. The molecule has 3 saturated heterocycles. The van der Waals surface area contributed by atoms with Crippen LogP contribution in [0.25, 0.3) is 0 Å². The Morgan fingerprint density at radius 3 is 1.50 bits per heavy atom. The molecule has 0 spiro atoms. The van der Waals surface area contributed by atoms with Gasteiger partial charge in [-0.1, -0.05) is 0 Å². The minimum atomic E-state index is -0.708. The predicted molar refractivity (Wildman–Crippen MR) is 116 cm³/mol. The van der Waals surface area contributed by atoms with Crippen LogP contribution in [-0.2, 0) is 9.59 Å². The van der Waals surface area contributed by atoms with Gasteiger partial charge in [0.2, 0.25) is 5.91 Å². The topological polar surface area (TPSA) is 125 Å². The standard InChI is InChI=1S/C12H23BN2O3.C7H14BNO3/c1-13(18)15-8-2-10(3-9-15)12(17)14-6-4-11(16)5-7-14;1-8(12)9-4-2-6(3-5-9)7(10)11/h10-11,16,18H,2-9H2,1H3;6,12H,2-5H2,1H3,(H,10,11). The molecule has 3 rings (SSSR count). The number of hydrogen-bond acceptors (Lipinski definition) is 7. The highest BCUT2D eigenvalue weighted by Gasteiger charge is 2.32. The van der Waals surface area contributed by atoms with Crippen LogP contribution in [0.3, 0.4) is 0 Å². The summed E-state index contributed by atoms with van der Waals surface area (Å²) >= 11 is 0. The Labute approximate surface area is 180 Å². The first-order valence-electron chi connectivity index (χ1n) is 11.2. The zero-order valence-corrected chi connectivity index (χ0v) is 18.3. The van der Waals surface area contributed by atoms with E-state index in [9.17, 15) is 24.7 Å². The van der Waals surface area contributed by atoms with Crippen molar-refractivity contribution >= 4 is 26.0 Å². The smallest absolute Gasteiger partial charge is 0.376 e. The molecule has 0 atom stereocenters. The van der Waals surface area contributed by atoms with Gasteiger partial charge in [-0.15, -0.1) is 0 Å². The third-order valence-electron chi connectivity index (χ3n) is 6.59. The molecule has 4 N–H and O–H groups in total. The number of hydrogen-bond donors (Lipinski definition) is 4. The molecule has 3 aliphatic rings. The fraction of sp³-hybridized carbons (Fsp3) is 0.895. The Morgan fingerprint density at radius 1 is 0.733 bits per heavy atom. The first kappa shape index (κ1) is 25.1. The van der Waals surface area contributed by atoms with Crippen LogP contribution in [0.5, 0.6) is 0 Å². The molecule has 1 amide bonds. The van der Waals surface area contributed by atoms with Crippen molar-refractivity contribution in [2.24, 2.45) is 11.8 Å². The molecule has 0 radical (unpaired) electrons. The summed E-state index contributed by atoms with van der Waals surface area (Å²) in [6.45, 7) is 7.83. The third-order valence-corrected chi connectivity index (χ3v) is 6.59. The highest BCUT2D eigenvalue weighted by molar-refractivity contribution is 6.45. The van der Waals surface area contributed by atoms with E-state index in [1.54, 1.807) is 13.6 Å². The van der Waals surface area contributed by atoms with Crippen LogP contribution in [0.4, 0.5) is 0 Å². The fourth-order valence-electron chi connectivity index (χ4n) is 4.38. The maximum absolute atomic E-state index is 12.3. The molecule has 11 heteroatoms. The first-order valence-corrected chi connectivity index (χ1v) is 11.2. The summed E-state index contributed by atoms with van der Waals surface area (Å²) in [5.74, 6) is -0.567. The molecule has 9 nitrogen and oxygen atoms in total. The predicted octanol–water partition coefficient (Wildman–Crippen LogP) is -0.315. The van der Waals surface area contributed by atoms with Gasteiger partial charge < -0.3 is 34.8 Å². The van der Waals surface area contributed by atoms with Crippen molar-refractivity contribution in [1.82, 2.24) is 14.5 Å². The van der Waals surface area contributed by atoms with E-state index in [1.165, 1.54) is 0 Å². The molecule has 0 bridgehead atoms. The van der Waals surface area contributed by atoms with E-state index in [0.717, 1.165) is 25.9 Å².